The van der Waals surface area contributed by atoms with E-state index < -0.39 is 18.0 Å². The number of urea groups is 1. The van der Waals surface area contributed by atoms with E-state index in [1.807, 2.05) is 6.92 Å². The van der Waals surface area contributed by atoms with Gasteiger partial charge in [-0.25, -0.2) is 9.59 Å². The van der Waals surface area contributed by atoms with Crippen LogP contribution in [0.25, 0.3) is 0 Å². The lowest BCUT2D eigenvalue weighted by molar-refractivity contribution is -0.139. The van der Waals surface area contributed by atoms with Crippen molar-refractivity contribution in [2.45, 2.75) is 13.0 Å². The Morgan fingerprint density at radius 3 is 2.48 bits per heavy atom. The molecule has 2 amide bonds. The number of benzene rings is 1. The number of nitrogens with zero attached hydrogens (tertiary/aromatic N) is 2. The Labute approximate surface area is 147 Å². The number of carbonyl (C=O) groups excluding carboxylic acids is 1. The zero-order chi connectivity index (χ0) is 18.2. The minimum absolute atomic E-state index is 0.0416. The average Bonchev–Trinajstić information content (AvgIpc) is 2.62. The van der Waals surface area contributed by atoms with Gasteiger partial charge in [-0.3, -0.25) is 4.90 Å². The molecule has 8 nitrogen and oxygen atoms in total. The molecule has 0 spiro atoms. The summed E-state index contributed by atoms with van der Waals surface area (Å²) < 4.78 is 5.30. The molecule has 1 aliphatic rings. The molecule has 1 atom stereocenters. The number of aliphatic carboxylic acids is 1. The second-order valence-electron chi connectivity index (χ2n) is 5.85. The number of hydrogen-bond acceptors (Lipinski definition) is 5. The van der Waals surface area contributed by atoms with Gasteiger partial charge in [-0.05, 0) is 24.6 Å². The van der Waals surface area contributed by atoms with Crippen LogP contribution in [-0.2, 0) is 9.53 Å². The summed E-state index contributed by atoms with van der Waals surface area (Å²) in [4.78, 5) is 27.8. The van der Waals surface area contributed by atoms with Crippen LogP contribution in [0, 0.1) is 0 Å². The first kappa shape index (κ1) is 19.0. The Kier molecular flexibility index (Phi) is 7.03. The fourth-order valence-corrected chi connectivity index (χ4v) is 2.66. The lowest BCUT2D eigenvalue weighted by Gasteiger charge is -2.30. The Morgan fingerprint density at radius 1 is 1.28 bits per heavy atom. The van der Waals surface area contributed by atoms with Crippen LogP contribution in [0.1, 0.15) is 18.5 Å². The van der Waals surface area contributed by atoms with Gasteiger partial charge in [-0.15, -0.1) is 0 Å². The molecule has 3 N–H and O–H groups in total. The number of likely N-dealkylation sites (N-methyl/N-ethyl adjacent to an activating group) is 1. The summed E-state index contributed by atoms with van der Waals surface area (Å²) in [7, 11) is 0. The molecule has 1 aliphatic heterocycles. The van der Waals surface area contributed by atoms with Crippen molar-refractivity contribution in [1.29, 1.82) is 0 Å². The van der Waals surface area contributed by atoms with Gasteiger partial charge < -0.3 is 25.2 Å². The van der Waals surface area contributed by atoms with Crippen molar-refractivity contribution < 1.29 is 24.5 Å². The Morgan fingerprint density at radius 2 is 1.92 bits per heavy atom. The molecule has 1 fully saturated rings. The Balaban J connectivity index is 1.95. The fraction of sp³-hybridized carbons (Fsp3) is 0.529. The second kappa shape index (κ2) is 9.24. The SMILES string of the molecule is CCN(CCN1CCOCC1)C(=O)N[C@@H](C(=O)O)c1ccc(O)cc1. The summed E-state index contributed by atoms with van der Waals surface area (Å²) in [6.45, 7) is 6.65. The fourth-order valence-electron chi connectivity index (χ4n) is 2.66. The van der Waals surface area contributed by atoms with Crippen LogP contribution in [0.4, 0.5) is 4.79 Å². The molecule has 0 bridgehead atoms. The van der Waals surface area contributed by atoms with Gasteiger partial charge in [-0.2, -0.15) is 0 Å². The van der Waals surface area contributed by atoms with Gasteiger partial charge in [0.2, 0.25) is 0 Å². The van der Waals surface area contributed by atoms with E-state index in [1.165, 1.54) is 24.3 Å². The predicted octanol–water partition coefficient (Wildman–Crippen LogP) is 0.882. The number of carbonyl (C=O) groups is 2. The molecule has 0 aliphatic carbocycles. The molecular formula is C17H25N3O5. The van der Waals surface area contributed by atoms with E-state index in [0.29, 0.717) is 31.9 Å². The van der Waals surface area contributed by atoms with Crippen LogP contribution in [-0.4, -0.2) is 78.0 Å². The molecule has 25 heavy (non-hydrogen) atoms. The number of carboxylic acid groups (broad SMARTS) is 1. The molecule has 0 radical (unpaired) electrons. The van der Waals surface area contributed by atoms with Crippen LogP contribution in [0.3, 0.4) is 0 Å². The molecular weight excluding hydrogens is 326 g/mol. The largest absolute Gasteiger partial charge is 0.508 e. The standard InChI is InChI=1S/C17H25N3O5/c1-2-20(8-7-19-9-11-25-12-10-19)17(24)18-15(16(22)23)13-3-5-14(21)6-4-13/h3-6,15,21H,2,7-12H2,1H3,(H,18,24)(H,22,23)/t15-/m1/s1. The molecule has 1 aromatic rings. The highest BCUT2D eigenvalue weighted by Crippen LogP contribution is 2.17. The van der Waals surface area contributed by atoms with Crippen molar-refractivity contribution in [3.05, 3.63) is 29.8 Å². The highest BCUT2D eigenvalue weighted by molar-refractivity contribution is 5.83. The second-order valence-corrected chi connectivity index (χ2v) is 5.85. The smallest absolute Gasteiger partial charge is 0.330 e. The molecule has 2 rings (SSSR count). The summed E-state index contributed by atoms with van der Waals surface area (Å²) >= 11 is 0. The summed E-state index contributed by atoms with van der Waals surface area (Å²) in [6.07, 6.45) is 0. The van der Waals surface area contributed by atoms with Gasteiger partial charge in [0.25, 0.3) is 0 Å². The number of nitrogens with one attached hydrogen (secondary N) is 1. The zero-order valence-corrected chi connectivity index (χ0v) is 14.4. The third kappa shape index (κ3) is 5.61. The Hall–Kier alpha value is -2.32. The van der Waals surface area contributed by atoms with E-state index in [9.17, 15) is 19.8 Å². The Bertz CT molecular complexity index is 572. The van der Waals surface area contributed by atoms with Crippen molar-refractivity contribution in [3.63, 3.8) is 0 Å². The van der Waals surface area contributed by atoms with Crippen LogP contribution < -0.4 is 5.32 Å². The maximum absolute atomic E-state index is 12.5. The summed E-state index contributed by atoms with van der Waals surface area (Å²) in [5, 5.41) is 21.3. The topological polar surface area (TPSA) is 102 Å². The van der Waals surface area contributed by atoms with E-state index in [1.54, 1.807) is 4.90 Å². The number of phenols is 1. The van der Waals surface area contributed by atoms with E-state index >= 15 is 0 Å². The van der Waals surface area contributed by atoms with Crippen LogP contribution in [0.15, 0.2) is 24.3 Å². The van der Waals surface area contributed by atoms with Gasteiger partial charge in [-0.1, -0.05) is 12.1 Å². The minimum atomic E-state index is -1.16. The number of ether oxygens (including phenoxy) is 1. The van der Waals surface area contributed by atoms with Gasteiger partial charge in [0, 0.05) is 32.7 Å². The first-order valence-corrected chi connectivity index (χ1v) is 8.38. The molecule has 1 heterocycles. The minimum Gasteiger partial charge on any atom is -0.508 e. The zero-order valence-electron chi connectivity index (χ0n) is 14.4. The number of aromatic hydroxyl groups is 1. The van der Waals surface area contributed by atoms with Crippen molar-refractivity contribution in [2.24, 2.45) is 0 Å². The lowest BCUT2D eigenvalue weighted by Crippen LogP contribution is -2.47. The maximum atomic E-state index is 12.5. The van der Waals surface area contributed by atoms with Crippen LogP contribution >= 0.6 is 0 Å². The van der Waals surface area contributed by atoms with E-state index in [2.05, 4.69) is 10.2 Å². The number of carboxylic acids is 1. The maximum Gasteiger partial charge on any atom is 0.330 e. The molecule has 1 saturated heterocycles. The number of amides is 2. The average molecular weight is 351 g/mol. The van der Waals surface area contributed by atoms with Crippen molar-refractivity contribution >= 4 is 12.0 Å². The summed E-state index contributed by atoms with van der Waals surface area (Å²) in [5.41, 5.74) is 0.405. The molecule has 0 unspecified atom stereocenters. The molecule has 8 heteroatoms. The van der Waals surface area contributed by atoms with Crippen molar-refractivity contribution in [1.82, 2.24) is 15.1 Å². The third-order valence-electron chi connectivity index (χ3n) is 4.20. The van der Waals surface area contributed by atoms with E-state index in [0.717, 1.165) is 19.6 Å². The number of morpholine rings is 1. The van der Waals surface area contributed by atoms with Crippen molar-refractivity contribution in [2.75, 3.05) is 45.9 Å². The molecule has 138 valence electrons. The van der Waals surface area contributed by atoms with Crippen LogP contribution in [0.2, 0.25) is 0 Å². The summed E-state index contributed by atoms with van der Waals surface area (Å²) in [5.74, 6) is -1.11. The van der Waals surface area contributed by atoms with E-state index in [-0.39, 0.29) is 5.75 Å². The number of hydrogen-bond donors (Lipinski definition) is 3. The first-order chi connectivity index (χ1) is 12.0. The number of phenolic OH excluding ortho intramolecular Hbond substituents is 1. The lowest BCUT2D eigenvalue weighted by atomic mass is 10.1. The van der Waals surface area contributed by atoms with Crippen molar-refractivity contribution in [3.8, 4) is 5.75 Å². The predicted molar refractivity (Wildman–Crippen MR) is 91.5 cm³/mol. The summed E-state index contributed by atoms with van der Waals surface area (Å²) in [6, 6.07) is 4.18. The normalized spacial score (nSPS) is 16.2. The highest BCUT2D eigenvalue weighted by atomic mass is 16.5. The van der Waals surface area contributed by atoms with Gasteiger partial charge in [0.15, 0.2) is 6.04 Å². The van der Waals surface area contributed by atoms with E-state index in [4.69, 9.17) is 4.74 Å². The van der Waals surface area contributed by atoms with Gasteiger partial charge in [0.1, 0.15) is 5.75 Å². The number of rotatable bonds is 7. The quantitative estimate of drug-likeness (QED) is 0.674. The highest BCUT2D eigenvalue weighted by Gasteiger charge is 2.24. The first-order valence-electron chi connectivity index (χ1n) is 8.38. The van der Waals surface area contributed by atoms with Gasteiger partial charge >= 0.3 is 12.0 Å². The monoisotopic (exact) mass is 351 g/mol. The molecule has 0 saturated carbocycles. The van der Waals surface area contributed by atoms with Crippen LogP contribution in [0.5, 0.6) is 5.75 Å². The van der Waals surface area contributed by atoms with Gasteiger partial charge in [0.05, 0.1) is 13.2 Å². The third-order valence-corrected chi connectivity index (χ3v) is 4.20. The molecule has 0 aromatic heterocycles. The molecule has 1 aromatic carbocycles.